The Labute approximate surface area is 176 Å². The maximum absolute atomic E-state index is 13.2. The molecule has 1 fully saturated rings. The largest absolute Gasteiger partial charge is 0.493 e. The number of carbonyl (C=O) groups excluding carboxylic acids is 2. The molecule has 0 bridgehead atoms. The van der Waals surface area contributed by atoms with Crippen LogP contribution in [0.2, 0.25) is 0 Å². The maximum atomic E-state index is 13.2. The number of methoxy groups -OCH3 is 1. The van der Waals surface area contributed by atoms with Gasteiger partial charge in [-0.1, -0.05) is 6.07 Å². The van der Waals surface area contributed by atoms with Crippen molar-refractivity contribution in [3.05, 3.63) is 47.5 Å². The third-order valence-electron chi connectivity index (χ3n) is 4.90. The number of hydrogen-bond donors (Lipinski definition) is 1. The zero-order valence-corrected chi connectivity index (χ0v) is 17.0. The molecule has 2 aromatic carbocycles. The van der Waals surface area contributed by atoms with Gasteiger partial charge in [-0.15, -0.1) is 11.8 Å². The summed E-state index contributed by atoms with van der Waals surface area (Å²) in [7, 11) is 1.38. The lowest BCUT2D eigenvalue weighted by Crippen LogP contribution is -2.32. The van der Waals surface area contributed by atoms with Crippen molar-refractivity contribution in [3.63, 3.8) is 0 Å². The minimum Gasteiger partial charge on any atom is -0.493 e. The summed E-state index contributed by atoms with van der Waals surface area (Å²) in [4.78, 5) is 27.6. The van der Waals surface area contributed by atoms with E-state index in [-0.39, 0.29) is 29.4 Å². The van der Waals surface area contributed by atoms with Crippen molar-refractivity contribution >= 4 is 29.3 Å². The minimum absolute atomic E-state index is 0.0523. The molecule has 0 aromatic heterocycles. The molecule has 9 heteroatoms. The monoisotopic (exact) mass is 434 g/mol. The molecule has 2 aliphatic rings. The van der Waals surface area contributed by atoms with Crippen LogP contribution in [0.25, 0.3) is 0 Å². The van der Waals surface area contributed by atoms with Gasteiger partial charge in [-0.05, 0) is 48.7 Å². The fourth-order valence-electron chi connectivity index (χ4n) is 3.34. The molecule has 2 amide bonds. The highest BCUT2D eigenvalue weighted by molar-refractivity contribution is 8.00. The van der Waals surface area contributed by atoms with Gasteiger partial charge in [-0.3, -0.25) is 9.59 Å². The van der Waals surface area contributed by atoms with Gasteiger partial charge < -0.3 is 19.7 Å². The van der Waals surface area contributed by atoms with E-state index in [2.05, 4.69) is 10.1 Å². The summed E-state index contributed by atoms with van der Waals surface area (Å²) in [6.07, 6.45) is 1.82. The molecular weight excluding hydrogens is 414 g/mol. The zero-order chi connectivity index (χ0) is 21.3. The van der Waals surface area contributed by atoms with Crippen molar-refractivity contribution in [1.82, 2.24) is 4.90 Å². The Morgan fingerprint density at radius 1 is 1.23 bits per heavy atom. The number of fused-ring (bicyclic) bond motifs is 1. The molecule has 1 heterocycles. The number of nitrogens with zero attached hydrogens (tertiary/aromatic N) is 1. The molecule has 2 aromatic rings. The number of hydrogen-bond acceptors (Lipinski definition) is 5. The van der Waals surface area contributed by atoms with Crippen LogP contribution >= 0.6 is 11.8 Å². The predicted octanol–water partition coefficient (Wildman–Crippen LogP) is 4.15. The third-order valence-corrected chi connectivity index (χ3v) is 5.98. The van der Waals surface area contributed by atoms with Gasteiger partial charge in [0.15, 0.2) is 11.5 Å². The number of benzene rings is 2. The second kappa shape index (κ2) is 8.51. The van der Waals surface area contributed by atoms with E-state index in [4.69, 9.17) is 4.74 Å². The Kier molecular flexibility index (Phi) is 5.80. The van der Waals surface area contributed by atoms with E-state index in [9.17, 15) is 18.4 Å². The van der Waals surface area contributed by atoms with Crippen LogP contribution < -0.4 is 14.8 Å². The van der Waals surface area contributed by atoms with Gasteiger partial charge in [0.25, 0.3) is 5.91 Å². The fourth-order valence-corrected chi connectivity index (χ4v) is 4.12. The molecule has 0 radical (unpaired) electrons. The normalized spacial score (nSPS) is 15.4. The Morgan fingerprint density at radius 3 is 2.73 bits per heavy atom. The second-order valence-electron chi connectivity index (χ2n) is 7.08. The highest BCUT2D eigenvalue weighted by atomic mass is 32.2. The Morgan fingerprint density at radius 2 is 2.03 bits per heavy atom. The number of halogens is 2. The number of thioether (sulfide) groups is 1. The van der Waals surface area contributed by atoms with Crippen molar-refractivity contribution in [2.45, 2.75) is 36.9 Å². The van der Waals surface area contributed by atoms with Gasteiger partial charge in [0.1, 0.15) is 0 Å². The van der Waals surface area contributed by atoms with Gasteiger partial charge in [-0.25, -0.2) is 0 Å². The van der Waals surface area contributed by atoms with Crippen LogP contribution in [0.1, 0.15) is 28.8 Å². The molecule has 0 spiro atoms. The molecule has 0 unspecified atom stereocenters. The maximum Gasteiger partial charge on any atom is 0.387 e. The van der Waals surface area contributed by atoms with Crippen LogP contribution in [-0.4, -0.2) is 42.2 Å². The Balaban J connectivity index is 1.55. The van der Waals surface area contributed by atoms with Crippen LogP contribution in [0.15, 0.2) is 41.3 Å². The van der Waals surface area contributed by atoms with E-state index in [0.29, 0.717) is 23.5 Å². The first-order valence-corrected chi connectivity index (χ1v) is 10.4. The summed E-state index contributed by atoms with van der Waals surface area (Å²) in [5, 5.41) is 2.80. The van der Waals surface area contributed by atoms with Crippen molar-refractivity contribution in [1.29, 1.82) is 0 Å². The van der Waals surface area contributed by atoms with Crippen LogP contribution in [0.5, 0.6) is 11.5 Å². The first-order chi connectivity index (χ1) is 14.4. The lowest BCUT2D eigenvalue weighted by molar-refractivity contribution is -0.113. The van der Waals surface area contributed by atoms with Gasteiger partial charge in [-0.2, -0.15) is 8.78 Å². The van der Waals surface area contributed by atoms with E-state index in [0.717, 1.165) is 23.3 Å². The van der Waals surface area contributed by atoms with Crippen molar-refractivity contribution in [2.24, 2.45) is 0 Å². The van der Waals surface area contributed by atoms with Crippen molar-refractivity contribution in [2.75, 3.05) is 18.2 Å². The van der Waals surface area contributed by atoms with Crippen molar-refractivity contribution < 1.29 is 27.8 Å². The van der Waals surface area contributed by atoms with Crippen LogP contribution in [0.4, 0.5) is 14.5 Å². The summed E-state index contributed by atoms with van der Waals surface area (Å²) in [6, 6.07) is 10.1. The molecule has 1 N–H and O–H groups in total. The Bertz CT molecular complexity index is 981. The van der Waals surface area contributed by atoms with Crippen LogP contribution in [-0.2, 0) is 11.3 Å². The number of nitrogens with one attached hydrogen (secondary N) is 1. The average Bonchev–Trinajstić information content (AvgIpc) is 3.56. The number of alkyl halides is 2. The Hall–Kier alpha value is -2.81. The second-order valence-corrected chi connectivity index (χ2v) is 8.09. The molecule has 6 nitrogen and oxygen atoms in total. The predicted molar refractivity (Wildman–Crippen MR) is 108 cm³/mol. The van der Waals surface area contributed by atoms with Gasteiger partial charge >= 0.3 is 6.61 Å². The number of ether oxygens (including phenoxy) is 2. The molecule has 0 atom stereocenters. The average molecular weight is 434 g/mol. The summed E-state index contributed by atoms with van der Waals surface area (Å²) < 4.78 is 34.7. The number of anilines is 1. The minimum atomic E-state index is -2.95. The van der Waals surface area contributed by atoms with E-state index in [1.54, 1.807) is 29.2 Å². The molecular formula is C21H20F2N2O4S. The first-order valence-electron chi connectivity index (χ1n) is 9.44. The number of carbonyl (C=O) groups is 2. The smallest absolute Gasteiger partial charge is 0.387 e. The summed E-state index contributed by atoms with van der Waals surface area (Å²) in [5.74, 6) is 0.265. The van der Waals surface area contributed by atoms with Gasteiger partial charge in [0, 0.05) is 23.0 Å². The molecule has 1 aliphatic carbocycles. The summed E-state index contributed by atoms with van der Waals surface area (Å²) >= 11 is 1.44. The SMILES string of the molecule is COc1cc(CN(C(=O)c2ccc3c(c2)NC(=O)CS3)C2CC2)ccc1OC(F)F. The van der Waals surface area contributed by atoms with Gasteiger partial charge in [0.2, 0.25) is 5.91 Å². The third kappa shape index (κ3) is 4.51. The number of amides is 2. The zero-order valence-electron chi connectivity index (χ0n) is 16.2. The van der Waals surface area contributed by atoms with E-state index < -0.39 is 6.61 Å². The molecule has 4 rings (SSSR count). The first kappa shape index (κ1) is 20.5. The standard InChI is InChI=1S/C21H20F2N2O4S/c1-28-17-8-12(2-6-16(17)29-21(22)23)10-25(14-4-5-14)20(27)13-3-7-18-15(9-13)24-19(26)11-30-18/h2-3,6-9,14,21H,4-5,10-11H2,1H3,(H,24,26). The van der Waals surface area contributed by atoms with Crippen LogP contribution in [0.3, 0.4) is 0 Å². The summed E-state index contributed by atoms with van der Waals surface area (Å²) in [5.41, 5.74) is 1.89. The molecule has 158 valence electrons. The topological polar surface area (TPSA) is 67.9 Å². The molecule has 0 saturated heterocycles. The highest BCUT2D eigenvalue weighted by Crippen LogP contribution is 2.35. The van der Waals surface area contributed by atoms with E-state index in [1.807, 2.05) is 6.07 Å². The fraction of sp³-hybridized carbons (Fsp3) is 0.333. The quantitative estimate of drug-likeness (QED) is 0.709. The molecule has 30 heavy (non-hydrogen) atoms. The molecule has 1 aliphatic heterocycles. The lowest BCUT2D eigenvalue weighted by Gasteiger charge is -2.24. The van der Waals surface area contributed by atoms with Crippen LogP contribution in [0, 0.1) is 0 Å². The summed E-state index contributed by atoms with van der Waals surface area (Å²) in [6.45, 7) is -2.63. The van der Waals surface area contributed by atoms with Gasteiger partial charge in [0.05, 0.1) is 18.6 Å². The number of rotatable bonds is 7. The van der Waals surface area contributed by atoms with Crippen molar-refractivity contribution in [3.8, 4) is 11.5 Å². The van der Waals surface area contributed by atoms with E-state index >= 15 is 0 Å². The van der Waals surface area contributed by atoms with E-state index in [1.165, 1.54) is 24.9 Å². The lowest BCUT2D eigenvalue weighted by atomic mass is 10.1. The highest BCUT2D eigenvalue weighted by Gasteiger charge is 2.33. The molecule has 1 saturated carbocycles.